The minimum absolute atomic E-state index is 0.111. The van der Waals surface area contributed by atoms with Crippen molar-refractivity contribution in [3.63, 3.8) is 0 Å². The Hall–Kier alpha value is -1.83. The topological polar surface area (TPSA) is 49.6 Å². The molecule has 0 radical (unpaired) electrons. The second kappa shape index (κ2) is 7.26. The van der Waals surface area contributed by atoms with Gasteiger partial charge in [0.25, 0.3) is 5.91 Å². The fourth-order valence-corrected chi connectivity index (χ4v) is 2.60. The number of carbonyl (C=O) groups is 1. The maximum atomic E-state index is 12.5. The van der Waals surface area contributed by atoms with Gasteiger partial charge in [0.1, 0.15) is 0 Å². The van der Waals surface area contributed by atoms with Gasteiger partial charge in [-0.15, -0.1) is 0 Å². The number of piperazine rings is 1. The van der Waals surface area contributed by atoms with Gasteiger partial charge in [0.15, 0.2) is 0 Å². The van der Waals surface area contributed by atoms with Crippen molar-refractivity contribution in [2.45, 2.75) is 19.4 Å². The van der Waals surface area contributed by atoms with Crippen LogP contribution < -0.4 is 5.73 Å². The van der Waals surface area contributed by atoms with Crippen LogP contribution >= 0.6 is 0 Å². The van der Waals surface area contributed by atoms with Crippen LogP contribution in [0.4, 0.5) is 0 Å². The Kier molecular flexibility index (Phi) is 5.38. The lowest BCUT2D eigenvalue weighted by Crippen LogP contribution is -2.52. The van der Waals surface area contributed by atoms with Crippen LogP contribution in [-0.2, 0) is 0 Å². The number of carbonyl (C=O) groups excluding carboxylic acids is 1. The molecule has 2 rings (SSSR count). The first-order valence-corrected chi connectivity index (χ1v) is 7.44. The summed E-state index contributed by atoms with van der Waals surface area (Å²) in [5, 5.41) is 0. The minimum Gasteiger partial charge on any atom is -0.336 e. The van der Waals surface area contributed by atoms with E-state index in [1.807, 2.05) is 29.2 Å². The van der Waals surface area contributed by atoms with E-state index in [0.29, 0.717) is 12.6 Å². The molecule has 4 nitrogen and oxygen atoms in total. The molecule has 1 aliphatic rings. The van der Waals surface area contributed by atoms with Gasteiger partial charge in [-0.3, -0.25) is 9.69 Å². The van der Waals surface area contributed by atoms with Crippen LogP contribution in [0.25, 0.3) is 0 Å². The minimum atomic E-state index is 0.111. The second-order valence-electron chi connectivity index (χ2n) is 5.38. The zero-order valence-electron chi connectivity index (χ0n) is 12.8. The number of likely N-dealkylation sites (N-methyl/N-ethyl adjacent to an activating group) is 1. The predicted molar refractivity (Wildman–Crippen MR) is 85.0 cm³/mol. The average molecular weight is 285 g/mol. The molecule has 1 aliphatic heterocycles. The highest BCUT2D eigenvalue weighted by Gasteiger charge is 2.26. The van der Waals surface area contributed by atoms with E-state index in [4.69, 9.17) is 5.73 Å². The third-order valence-electron chi connectivity index (χ3n) is 4.00. The van der Waals surface area contributed by atoms with Crippen molar-refractivity contribution >= 4 is 5.91 Å². The zero-order chi connectivity index (χ0) is 15.2. The van der Waals surface area contributed by atoms with Gasteiger partial charge in [0.05, 0.1) is 6.54 Å². The molecule has 0 aliphatic carbocycles. The molecule has 4 heteroatoms. The average Bonchev–Trinajstić information content (AvgIpc) is 2.53. The van der Waals surface area contributed by atoms with Crippen LogP contribution in [-0.4, -0.2) is 55.0 Å². The molecular formula is C17H23N3O. The first-order chi connectivity index (χ1) is 10.2. The molecule has 0 bridgehead atoms. The summed E-state index contributed by atoms with van der Waals surface area (Å²) in [4.78, 5) is 16.8. The number of hydrogen-bond donors (Lipinski definition) is 1. The third kappa shape index (κ3) is 3.84. The van der Waals surface area contributed by atoms with E-state index in [0.717, 1.165) is 37.2 Å². The van der Waals surface area contributed by atoms with Crippen molar-refractivity contribution in [1.29, 1.82) is 0 Å². The summed E-state index contributed by atoms with van der Waals surface area (Å²) in [5.74, 6) is 5.89. The first-order valence-electron chi connectivity index (χ1n) is 7.44. The van der Waals surface area contributed by atoms with E-state index < -0.39 is 0 Å². The predicted octanol–water partition coefficient (Wildman–Crippen LogP) is 1.16. The molecule has 21 heavy (non-hydrogen) atoms. The first kappa shape index (κ1) is 15.6. The van der Waals surface area contributed by atoms with Gasteiger partial charge in [-0.05, 0) is 37.7 Å². The van der Waals surface area contributed by atoms with Crippen LogP contribution in [0, 0.1) is 11.8 Å². The van der Waals surface area contributed by atoms with E-state index in [2.05, 4.69) is 30.7 Å². The lowest BCUT2D eigenvalue weighted by Gasteiger charge is -2.39. The molecule has 112 valence electrons. The van der Waals surface area contributed by atoms with Gasteiger partial charge in [-0.25, -0.2) is 0 Å². The van der Waals surface area contributed by atoms with E-state index >= 15 is 0 Å². The summed E-state index contributed by atoms with van der Waals surface area (Å²) in [6.45, 7) is 5.05. The molecule has 0 saturated carbocycles. The summed E-state index contributed by atoms with van der Waals surface area (Å²) in [5.41, 5.74) is 6.97. The standard InChI is InChI=1S/C17H23N3O/c1-3-16-13-20(12-11-19(16)2)17(21)15-8-6-14(7-9-15)5-4-10-18/h6-9,16H,3,10-13,18H2,1-2H3. The molecule has 0 aromatic heterocycles. The smallest absolute Gasteiger partial charge is 0.253 e. The number of amides is 1. The highest BCUT2D eigenvalue weighted by atomic mass is 16.2. The molecule has 1 saturated heterocycles. The monoisotopic (exact) mass is 285 g/mol. The molecule has 1 aromatic rings. The van der Waals surface area contributed by atoms with Gasteiger partial charge >= 0.3 is 0 Å². The largest absolute Gasteiger partial charge is 0.336 e. The molecule has 1 heterocycles. The Labute approximate surface area is 126 Å². The molecule has 2 N–H and O–H groups in total. The zero-order valence-corrected chi connectivity index (χ0v) is 12.8. The van der Waals surface area contributed by atoms with Gasteiger partial charge in [-0.1, -0.05) is 18.8 Å². The molecule has 1 amide bonds. The van der Waals surface area contributed by atoms with Gasteiger partial charge < -0.3 is 10.6 Å². The third-order valence-corrected chi connectivity index (χ3v) is 4.00. The second-order valence-corrected chi connectivity index (χ2v) is 5.38. The molecule has 1 aromatic carbocycles. The summed E-state index contributed by atoms with van der Waals surface area (Å²) in [7, 11) is 2.13. The fraction of sp³-hybridized carbons (Fsp3) is 0.471. The van der Waals surface area contributed by atoms with Crippen LogP contribution in [0.1, 0.15) is 29.3 Å². The number of rotatable bonds is 2. The molecule has 1 fully saturated rings. The molecule has 0 spiro atoms. The van der Waals surface area contributed by atoms with E-state index in [1.54, 1.807) is 0 Å². The van der Waals surface area contributed by atoms with Crippen LogP contribution in [0.2, 0.25) is 0 Å². The van der Waals surface area contributed by atoms with Crippen molar-refractivity contribution in [2.24, 2.45) is 5.73 Å². The SMILES string of the molecule is CCC1CN(C(=O)c2ccc(C#CCN)cc2)CCN1C. The van der Waals surface area contributed by atoms with Crippen molar-refractivity contribution in [3.8, 4) is 11.8 Å². The van der Waals surface area contributed by atoms with Crippen molar-refractivity contribution < 1.29 is 4.79 Å². The van der Waals surface area contributed by atoms with Gasteiger partial charge in [-0.2, -0.15) is 0 Å². The van der Waals surface area contributed by atoms with Crippen molar-refractivity contribution in [1.82, 2.24) is 9.80 Å². The maximum absolute atomic E-state index is 12.5. The van der Waals surface area contributed by atoms with Crippen LogP contribution in [0.3, 0.4) is 0 Å². The maximum Gasteiger partial charge on any atom is 0.253 e. The summed E-state index contributed by atoms with van der Waals surface area (Å²) >= 11 is 0. The van der Waals surface area contributed by atoms with E-state index in [9.17, 15) is 4.79 Å². The molecule has 1 atom stereocenters. The quantitative estimate of drug-likeness (QED) is 0.830. The normalized spacial score (nSPS) is 19.0. The summed E-state index contributed by atoms with van der Waals surface area (Å²) < 4.78 is 0. The Balaban J connectivity index is 2.06. The number of nitrogens with zero attached hydrogens (tertiary/aromatic N) is 2. The number of hydrogen-bond acceptors (Lipinski definition) is 3. The summed E-state index contributed by atoms with van der Waals surface area (Å²) in [6, 6.07) is 7.91. The highest BCUT2D eigenvalue weighted by molar-refractivity contribution is 5.94. The number of benzene rings is 1. The van der Waals surface area contributed by atoms with E-state index in [1.165, 1.54) is 0 Å². The lowest BCUT2D eigenvalue weighted by atomic mass is 10.1. The lowest BCUT2D eigenvalue weighted by molar-refractivity contribution is 0.0542. The highest BCUT2D eigenvalue weighted by Crippen LogP contribution is 2.14. The Bertz CT molecular complexity index is 541. The molecule has 1 unspecified atom stereocenters. The molecular weight excluding hydrogens is 262 g/mol. The number of nitrogens with two attached hydrogens (primary N) is 1. The van der Waals surface area contributed by atoms with Crippen molar-refractivity contribution in [2.75, 3.05) is 33.2 Å². The summed E-state index contributed by atoms with van der Waals surface area (Å²) in [6.07, 6.45) is 1.06. The van der Waals surface area contributed by atoms with Crippen LogP contribution in [0.5, 0.6) is 0 Å². The van der Waals surface area contributed by atoms with Crippen molar-refractivity contribution in [3.05, 3.63) is 35.4 Å². The Morgan fingerprint density at radius 2 is 2.05 bits per heavy atom. The fourth-order valence-electron chi connectivity index (χ4n) is 2.60. The van der Waals surface area contributed by atoms with Gasteiger partial charge in [0.2, 0.25) is 0 Å². The Morgan fingerprint density at radius 3 is 2.67 bits per heavy atom. The van der Waals surface area contributed by atoms with Gasteiger partial charge in [0, 0.05) is 36.8 Å². The van der Waals surface area contributed by atoms with Crippen LogP contribution in [0.15, 0.2) is 24.3 Å². The Morgan fingerprint density at radius 1 is 1.33 bits per heavy atom. The van der Waals surface area contributed by atoms with E-state index in [-0.39, 0.29) is 5.91 Å².